The minimum atomic E-state index is -2.98. The molecule has 2 atom stereocenters. The number of thiazole rings is 1. The van der Waals surface area contributed by atoms with E-state index in [4.69, 9.17) is 0 Å². The van der Waals surface area contributed by atoms with Crippen molar-refractivity contribution in [3.8, 4) is 10.6 Å². The average Bonchev–Trinajstić information content (AvgIpc) is 3.19. The van der Waals surface area contributed by atoms with Gasteiger partial charge in [0.1, 0.15) is 5.01 Å². The molecule has 25 heavy (non-hydrogen) atoms. The van der Waals surface area contributed by atoms with Gasteiger partial charge in [0.2, 0.25) is 5.91 Å². The molecule has 0 bridgehead atoms. The number of sulfone groups is 1. The number of rotatable bonds is 6. The van der Waals surface area contributed by atoms with E-state index in [1.807, 2.05) is 42.6 Å². The second kappa shape index (κ2) is 7.88. The van der Waals surface area contributed by atoms with Gasteiger partial charge in [-0.1, -0.05) is 30.3 Å². The first-order valence-electron chi connectivity index (χ1n) is 8.05. The Morgan fingerprint density at radius 2 is 2.16 bits per heavy atom. The number of nitrogens with zero attached hydrogens (tertiary/aromatic N) is 1. The van der Waals surface area contributed by atoms with Gasteiger partial charge < -0.3 is 5.32 Å². The zero-order chi connectivity index (χ0) is 17.9. The summed E-state index contributed by atoms with van der Waals surface area (Å²) >= 11 is 3.11. The van der Waals surface area contributed by atoms with Crippen LogP contribution in [-0.4, -0.2) is 42.1 Å². The van der Waals surface area contributed by atoms with Gasteiger partial charge in [-0.15, -0.1) is 23.1 Å². The summed E-state index contributed by atoms with van der Waals surface area (Å²) in [7, 11) is -2.98. The molecule has 134 valence electrons. The van der Waals surface area contributed by atoms with Crippen LogP contribution >= 0.6 is 23.1 Å². The number of thioether (sulfide) groups is 1. The number of carbonyl (C=O) groups excluding carboxylic acids is 1. The van der Waals surface area contributed by atoms with Crippen LogP contribution in [0.3, 0.4) is 0 Å². The SMILES string of the molecule is C[C@H](SCc1csc(-c2ccccc2)n1)C(=O)N[C@@H]1CCS(=O)(=O)C1. The Bertz CT molecular complexity index is 834. The van der Waals surface area contributed by atoms with E-state index < -0.39 is 9.84 Å². The molecule has 1 aromatic carbocycles. The fourth-order valence-corrected chi connectivity index (χ4v) is 5.99. The molecule has 1 aromatic heterocycles. The summed E-state index contributed by atoms with van der Waals surface area (Å²) in [5.74, 6) is 0.773. The highest BCUT2D eigenvalue weighted by Gasteiger charge is 2.30. The molecule has 0 saturated carbocycles. The van der Waals surface area contributed by atoms with E-state index in [2.05, 4.69) is 10.3 Å². The van der Waals surface area contributed by atoms with Crippen molar-refractivity contribution in [3.05, 3.63) is 41.4 Å². The lowest BCUT2D eigenvalue weighted by Gasteiger charge is -2.15. The third-order valence-electron chi connectivity index (χ3n) is 4.00. The van der Waals surface area contributed by atoms with Crippen LogP contribution in [0.5, 0.6) is 0 Å². The Labute approximate surface area is 156 Å². The molecule has 2 aromatic rings. The maximum atomic E-state index is 12.2. The van der Waals surface area contributed by atoms with Gasteiger partial charge in [-0.05, 0) is 13.3 Å². The summed E-state index contributed by atoms with van der Waals surface area (Å²) in [6, 6.07) is 9.76. The Morgan fingerprint density at radius 1 is 1.40 bits per heavy atom. The molecule has 0 unspecified atom stereocenters. The number of benzene rings is 1. The molecule has 0 spiro atoms. The average molecular weight is 397 g/mol. The van der Waals surface area contributed by atoms with Crippen molar-refractivity contribution < 1.29 is 13.2 Å². The topological polar surface area (TPSA) is 76.1 Å². The van der Waals surface area contributed by atoms with Crippen molar-refractivity contribution in [3.63, 3.8) is 0 Å². The number of aromatic nitrogens is 1. The van der Waals surface area contributed by atoms with Gasteiger partial charge >= 0.3 is 0 Å². The third kappa shape index (κ3) is 5.05. The van der Waals surface area contributed by atoms with Gasteiger partial charge in [-0.3, -0.25) is 4.79 Å². The van der Waals surface area contributed by atoms with E-state index in [0.717, 1.165) is 16.3 Å². The Hall–Kier alpha value is -1.38. The molecule has 0 aliphatic carbocycles. The van der Waals surface area contributed by atoms with E-state index in [1.54, 1.807) is 11.3 Å². The van der Waals surface area contributed by atoms with E-state index in [-0.39, 0.29) is 28.7 Å². The van der Waals surface area contributed by atoms with Crippen LogP contribution in [0.15, 0.2) is 35.7 Å². The van der Waals surface area contributed by atoms with E-state index in [0.29, 0.717) is 12.2 Å². The molecule has 3 rings (SSSR count). The summed E-state index contributed by atoms with van der Waals surface area (Å²) in [5.41, 5.74) is 2.05. The number of hydrogen-bond acceptors (Lipinski definition) is 6. The van der Waals surface area contributed by atoms with Crippen molar-refractivity contribution >= 4 is 38.8 Å². The first-order valence-corrected chi connectivity index (χ1v) is 11.8. The maximum Gasteiger partial charge on any atom is 0.233 e. The number of nitrogens with one attached hydrogen (secondary N) is 1. The van der Waals surface area contributed by atoms with Crippen LogP contribution in [0.4, 0.5) is 0 Å². The lowest BCUT2D eigenvalue weighted by Crippen LogP contribution is -2.40. The van der Waals surface area contributed by atoms with Crippen LogP contribution in [0.1, 0.15) is 19.0 Å². The molecule has 1 aliphatic rings. The zero-order valence-corrected chi connectivity index (χ0v) is 16.3. The molecule has 1 aliphatic heterocycles. The van der Waals surface area contributed by atoms with Crippen LogP contribution in [0.25, 0.3) is 10.6 Å². The molecule has 1 N–H and O–H groups in total. The van der Waals surface area contributed by atoms with Crippen molar-refractivity contribution in [2.24, 2.45) is 0 Å². The molecule has 2 heterocycles. The highest BCUT2D eigenvalue weighted by atomic mass is 32.2. The second-order valence-corrected chi connectivity index (χ2v) is 10.5. The predicted molar refractivity (Wildman–Crippen MR) is 104 cm³/mol. The standard InChI is InChI=1S/C17H20N2O3S3/c1-12(16(20)18-14-7-8-25(21,22)11-14)23-9-15-10-24-17(19-15)13-5-3-2-4-6-13/h2-6,10,12,14H,7-9,11H2,1H3,(H,18,20)/t12-,14+/m0/s1. The number of hydrogen-bond donors (Lipinski definition) is 1. The van der Waals surface area contributed by atoms with Gasteiger partial charge in [0.15, 0.2) is 9.84 Å². The fourth-order valence-electron chi connectivity index (χ4n) is 2.60. The summed E-state index contributed by atoms with van der Waals surface area (Å²) in [6.07, 6.45) is 0.512. The summed E-state index contributed by atoms with van der Waals surface area (Å²) in [4.78, 5) is 16.8. The van der Waals surface area contributed by atoms with Crippen molar-refractivity contribution in [1.82, 2.24) is 10.3 Å². The lowest BCUT2D eigenvalue weighted by atomic mass is 10.2. The highest BCUT2D eigenvalue weighted by molar-refractivity contribution is 7.99. The monoisotopic (exact) mass is 396 g/mol. The lowest BCUT2D eigenvalue weighted by molar-refractivity contribution is -0.120. The third-order valence-corrected chi connectivity index (χ3v) is 7.89. The van der Waals surface area contributed by atoms with Crippen LogP contribution in [0.2, 0.25) is 0 Å². The normalized spacial score (nSPS) is 20.3. The zero-order valence-electron chi connectivity index (χ0n) is 13.8. The number of carbonyl (C=O) groups is 1. The van der Waals surface area contributed by atoms with E-state index in [9.17, 15) is 13.2 Å². The van der Waals surface area contributed by atoms with Gasteiger partial charge in [0, 0.05) is 22.7 Å². The molecule has 1 fully saturated rings. The first-order chi connectivity index (χ1) is 11.9. The summed E-state index contributed by atoms with van der Waals surface area (Å²) in [5, 5.41) is 5.59. The molecular formula is C17H20N2O3S3. The molecule has 1 saturated heterocycles. The molecule has 1 amide bonds. The molecular weight excluding hydrogens is 376 g/mol. The first kappa shape index (κ1) is 18.4. The summed E-state index contributed by atoms with van der Waals surface area (Å²) < 4.78 is 22.9. The van der Waals surface area contributed by atoms with Crippen molar-refractivity contribution in [2.45, 2.75) is 30.4 Å². The van der Waals surface area contributed by atoms with E-state index in [1.165, 1.54) is 11.8 Å². The fraction of sp³-hybridized carbons (Fsp3) is 0.412. The van der Waals surface area contributed by atoms with Gasteiger partial charge in [0.25, 0.3) is 0 Å². The van der Waals surface area contributed by atoms with Gasteiger partial charge in [-0.2, -0.15) is 0 Å². The Morgan fingerprint density at radius 3 is 2.84 bits per heavy atom. The van der Waals surface area contributed by atoms with Gasteiger partial charge in [-0.25, -0.2) is 13.4 Å². The minimum Gasteiger partial charge on any atom is -0.351 e. The highest BCUT2D eigenvalue weighted by Crippen LogP contribution is 2.26. The summed E-state index contributed by atoms with van der Waals surface area (Å²) in [6.45, 7) is 1.84. The van der Waals surface area contributed by atoms with Crippen LogP contribution < -0.4 is 5.32 Å². The largest absolute Gasteiger partial charge is 0.351 e. The maximum absolute atomic E-state index is 12.2. The smallest absolute Gasteiger partial charge is 0.233 e. The Kier molecular flexibility index (Phi) is 5.81. The molecule has 5 nitrogen and oxygen atoms in total. The van der Waals surface area contributed by atoms with E-state index >= 15 is 0 Å². The molecule has 0 radical (unpaired) electrons. The van der Waals surface area contributed by atoms with Crippen molar-refractivity contribution in [2.75, 3.05) is 11.5 Å². The van der Waals surface area contributed by atoms with Crippen LogP contribution in [0, 0.1) is 0 Å². The minimum absolute atomic E-state index is 0.0582. The quantitative estimate of drug-likeness (QED) is 0.812. The molecule has 8 heteroatoms. The number of amides is 1. The second-order valence-electron chi connectivity index (χ2n) is 6.07. The van der Waals surface area contributed by atoms with Gasteiger partial charge in [0.05, 0.1) is 22.4 Å². The van der Waals surface area contributed by atoms with Crippen LogP contribution in [-0.2, 0) is 20.4 Å². The van der Waals surface area contributed by atoms with Crippen molar-refractivity contribution in [1.29, 1.82) is 0 Å². The Balaban J connectivity index is 1.50. The predicted octanol–water partition coefficient (Wildman–Crippen LogP) is 2.74.